The summed E-state index contributed by atoms with van der Waals surface area (Å²) in [5, 5.41) is 3.44. The summed E-state index contributed by atoms with van der Waals surface area (Å²) in [6.45, 7) is 4.37. The van der Waals surface area contributed by atoms with Crippen LogP contribution in [0.15, 0.2) is 0 Å². The van der Waals surface area contributed by atoms with E-state index in [1.54, 1.807) is 7.11 Å². The van der Waals surface area contributed by atoms with Gasteiger partial charge in [-0.15, -0.1) is 0 Å². The van der Waals surface area contributed by atoms with Gasteiger partial charge in [0.25, 0.3) is 0 Å². The third-order valence-corrected chi connectivity index (χ3v) is 5.38. The molecule has 2 fully saturated rings. The van der Waals surface area contributed by atoms with E-state index in [-0.39, 0.29) is 11.4 Å². The molecule has 2 unspecified atom stereocenters. The molecule has 110 valence electrons. The number of carbonyl (C=O) groups is 1. The predicted octanol–water partition coefficient (Wildman–Crippen LogP) is 1.50. The number of nitrogens with one attached hydrogen (secondary N) is 1. The first kappa shape index (κ1) is 15.1. The lowest BCUT2D eigenvalue weighted by Crippen LogP contribution is -2.60. The average molecular weight is 286 g/mol. The van der Waals surface area contributed by atoms with Gasteiger partial charge in [-0.05, 0) is 44.9 Å². The highest BCUT2D eigenvalue weighted by Gasteiger charge is 2.40. The van der Waals surface area contributed by atoms with Gasteiger partial charge in [-0.25, -0.2) is 0 Å². The smallest absolute Gasteiger partial charge is 0.242 e. The zero-order valence-electron chi connectivity index (χ0n) is 12.1. The minimum atomic E-state index is -0.362. The predicted molar refractivity (Wildman–Crippen MR) is 79.6 cm³/mol. The number of rotatable bonds is 5. The largest absolute Gasteiger partial charge is 0.383 e. The maximum absolute atomic E-state index is 12.9. The molecule has 1 N–H and O–H groups in total. The first-order valence-corrected chi connectivity index (χ1v) is 8.45. The van der Waals surface area contributed by atoms with Crippen LogP contribution in [0.2, 0.25) is 0 Å². The van der Waals surface area contributed by atoms with E-state index in [4.69, 9.17) is 4.74 Å². The number of nitrogens with zero attached hydrogens (tertiary/aromatic N) is 1. The highest BCUT2D eigenvalue weighted by atomic mass is 32.2. The van der Waals surface area contributed by atoms with Crippen LogP contribution in [0, 0.1) is 0 Å². The molecule has 0 spiro atoms. The summed E-state index contributed by atoms with van der Waals surface area (Å²) in [5.41, 5.74) is -0.362. The Hall–Kier alpha value is -0.260. The Kier molecular flexibility index (Phi) is 5.54. The molecule has 19 heavy (non-hydrogen) atoms. The maximum atomic E-state index is 12.9. The second-order valence-corrected chi connectivity index (χ2v) is 6.87. The number of piperidine rings is 1. The molecule has 0 bridgehead atoms. The van der Waals surface area contributed by atoms with Crippen molar-refractivity contribution in [2.45, 2.75) is 44.2 Å². The van der Waals surface area contributed by atoms with E-state index in [2.05, 4.69) is 17.1 Å². The molecule has 4 nitrogen and oxygen atoms in total. The monoisotopic (exact) mass is 286 g/mol. The van der Waals surface area contributed by atoms with E-state index < -0.39 is 0 Å². The molecule has 0 aromatic heterocycles. The van der Waals surface area contributed by atoms with E-state index >= 15 is 0 Å². The normalized spacial score (nSPS) is 31.4. The van der Waals surface area contributed by atoms with Gasteiger partial charge in [0.1, 0.15) is 0 Å². The SMILES string of the molecule is COCCN(C(=O)C1(C)CCCCN1)C1CCSC1. The first-order chi connectivity index (χ1) is 9.17. The van der Waals surface area contributed by atoms with Gasteiger partial charge in [-0.1, -0.05) is 0 Å². The van der Waals surface area contributed by atoms with Crippen molar-refractivity contribution in [3.05, 3.63) is 0 Å². The Bertz CT molecular complexity index is 300. The maximum Gasteiger partial charge on any atom is 0.242 e. The summed E-state index contributed by atoms with van der Waals surface area (Å²) in [5.74, 6) is 2.52. The van der Waals surface area contributed by atoms with Crippen molar-refractivity contribution in [3.63, 3.8) is 0 Å². The van der Waals surface area contributed by atoms with Crippen LogP contribution in [-0.4, -0.2) is 60.7 Å². The van der Waals surface area contributed by atoms with Crippen LogP contribution in [0.25, 0.3) is 0 Å². The molecule has 2 aliphatic rings. The molecule has 0 radical (unpaired) electrons. The molecule has 2 heterocycles. The summed E-state index contributed by atoms with van der Waals surface area (Å²) >= 11 is 1.95. The van der Waals surface area contributed by atoms with Gasteiger partial charge in [0.15, 0.2) is 0 Å². The molecule has 0 saturated carbocycles. The highest BCUT2D eigenvalue weighted by Crippen LogP contribution is 2.27. The van der Waals surface area contributed by atoms with Crippen LogP contribution in [0.4, 0.5) is 0 Å². The third-order valence-electron chi connectivity index (χ3n) is 4.23. The molecular weight excluding hydrogens is 260 g/mol. The lowest BCUT2D eigenvalue weighted by atomic mass is 9.89. The van der Waals surface area contributed by atoms with Crippen molar-refractivity contribution in [2.75, 3.05) is 38.3 Å². The number of methoxy groups -OCH3 is 1. The molecule has 2 rings (SSSR count). The minimum Gasteiger partial charge on any atom is -0.383 e. The van der Waals surface area contributed by atoms with Crippen LogP contribution < -0.4 is 5.32 Å². The van der Waals surface area contributed by atoms with Crippen molar-refractivity contribution < 1.29 is 9.53 Å². The van der Waals surface area contributed by atoms with Gasteiger partial charge in [0.05, 0.1) is 12.1 Å². The molecule has 2 aliphatic heterocycles. The van der Waals surface area contributed by atoms with Gasteiger partial charge in [0, 0.05) is 25.4 Å². The molecule has 2 saturated heterocycles. The lowest BCUT2D eigenvalue weighted by Gasteiger charge is -2.40. The van der Waals surface area contributed by atoms with Crippen LogP contribution in [0.3, 0.4) is 0 Å². The Morgan fingerprint density at radius 2 is 2.37 bits per heavy atom. The molecular formula is C14H26N2O2S. The summed E-state index contributed by atoms with van der Waals surface area (Å²) in [7, 11) is 1.70. The van der Waals surface area contributed by atoms with Gasteiger partial charge >= 0.3 is 0 Å². The standard InChI is InChI=1S/C14H26N2O2S/c1-14(6-3-4-7-15-14)13(17)16(8-9-18-2)12-5-10-19-11-12/h12,15H,3-11H2,1-2H3. The van der Waals surface area contributed by atoms with E-state index in [1.165, 1.54) is 12.2 Å². The Balaban J connectivity index is 2.04. The zero-order valence-corrected chi connectivity index (χ0v) is 12.9. The Morgan fingerprint density at radius 1 is 1.53 bits per heavy atom. The fourth-order valence-electron chi connectivity index (χ4n) is 2.96. The van der Waals surface area contributed by atoms with Crippen molar-refractivity contribution in [2.24, 2.45) is 0 Å². The topological polar surface area (TPSA) is 41.6 Å². The molecule has 0 aromatic carbocycles. The molecule has 5 heteroatoms. The Labute approximate surface area is 120 Å². The van der Waals surface area contributed by atoms with Gasteiger partial charge in [-0.2, -0.15) is 11.8 Å². The van der Waals surface area contributed by atoms with E-state index in [0.29, 0.717) is 12.6 Å². The summed E-state index contributed by atoms with van der Waals surface area (Å²) in [6.07, 6.45) is 4.40. The fourth-order valence-corrected chi connectivity index (χ4v) is 4.19. The summed E-state index contributed by atoms with van der Waals surface area (Å²) in [6, 6.07) is 0.396. The van der Waals surface area contributed by atoms with Crippen LogP contribution >= 0.6 is 11.8 Å². The Morgan fingerprint density at radius 3 is 2.95 bits per heavy atom. The van der Waals surface area contributed by atoms with Gasteiger partial charge in [-0.3, -0.25) is 4.79 Å². The summed E-state index contributed by atoms with van der Waals surface area (Å²) < 4.78 is 5.18. The highest BCUT2D eigenvalue weighted by molar-refractivity contribution is 7.99. The number of hydrogen-bond acceptors (Lipinski definition) is 4. The van der Waals surface area contributed by atoms with Crippen LogP contribution in [-0.2, 0) is 9.53 Å². The minimum absolute atomic E-state index is 0.275. The number of ether oxygens (including phenoxy) is 1. The number of hydrogen-bond donors (Lipinski definition) is 1. The van der Waals surface area contributed by atoms with Crippen molar-refractivity contribution >= 4 is 17.7 Å². The fraction of sp³-hybridized carbons (Fsp3) is 0.929. The van der Waals surface area contributed by atoms with E-state index in [1.807, 2.05) is 11.8 Å². The van der Waals surface area contributed by atoms with Crippen molar-refractivity contribution in [3.8, 4) is 0 Å². The second-order valence-electron chi connectivity index (χ2n) is 5.72. The van der Waals surface area contributed by atoms with Gasteiger partial charge in [0.2, 0.25) is 5.91 Å². The van der Waals surface area contributed by atoms with Crippen molar-refractivity contribution in [1.29, 1.82) is 0 Å². The number of carbonyl (C=O) groups excluding carboxylic acids is 1. The average Bonchev–Trinajstić information content (AvgIpc) is 2.94. The quantitative estimate of drug-likeness (QED) is 0.831. The lowest BCUT2D eigenvalue weighted by molar-refractivity contribution is -0.141. The summed E-state index contributed by atoms with van der Waals surface area (Å²) in [4.78, 5) is 15.0. The number of thioether (sulfide) groups is 1. The molecule has 2 atom stereocenters. The van der Waals surface area contributed by atoms with E-state index in [9.17, 15) is 4.79 Å². The first-order valence-electron chi connectivity index (χ1n) is 7.30. The number of amides is 1. The van der Waals surface area contributed by atoms with E-state index in [0.717, 1.165) is 38.1 Å². The molecule has 1 amide bonds. The third kappa shape index (κ3) is 3.64. The zero-order chi connectivity index (χ0) is 13.7. The van der Waals surface area contributed by atoms with Crippen LogP contribution in [0.5, 0.6) is 0 Å². The molecule has 0 aromatic rings. The van der Waals surface area contributed by atoms with Crippen LogP contribution in [0.1, 0.15) is 32.6 Å². The molecule has 0 aliphatic carbocycles. The van der Waals surface area contributed by atoms with Gasteiger partial charge < -0.3 is 15.0 Å². The van der Waals surface area contributed by atoms with Crippen molar-refractivity contribution in [1.82, 2.24) is 10.2 Å². The second kappa shape index (κ2) is 6.95.